The first-order chi connectivity index (χ1) is 14.1. The summed E-state index contributed by atoms with van der Waals surface area (Å²) in [6.45, 7) is 7.45. The van der Waals surface area contributed by atoms with Crippen molar-refractivity contribution in [1.82, 2.24) is 10.6 Å². The van der Waals surface area contributed by atoms with Gasteiger partial charge < -0.3 is 25.2 Å². The van der Waals surface area contributed by atoms with Gasteiger partial charge >= 0.3 is 0 Å². The van der Waals surface area contributed by atoms with Gasteiger partial charge in [-0.15, -0.1) is 24.0 Å². The van der Waals surface area contributed by atoms with E-state index in [9.17, 15) is 5.11 Å². The van der Waals surface area contributed by atoms with E-state index in [2.05, 4.69) is 35.8 Å². The average molecular weight is 527 g/mol. The second-order valence-electron chi connectivity index (χ2n) is 6.85. The zero-order valence-electron chi connectivity index (χ0n) is 18.1. The fourth-order valence-electron chi connectivity index (χ4n) is 2.86. The van der Waals surface area contributed by atoms with Gasteiger partial charge in [-0.05, 0) is 49.6 Å². The summed E-state index contributed by atoms with van der Waals surface area (Å²) in [5.74, 6) is 1.93. The maximum atomic E-state index is 9.58. The molecule has 6 nitrogen and oxygen atoms in total. The second-order valence-corrected chi connectivity index (χ2v) is 6.85. The van der Waals surface area contributed by atoms with Gasteiger partial charge in [0.1, 0.15) is 11.5 Å². The molecule has 7 heteroatoms. The second kappa shape index (κ2) is 14.9. The zero-order chi connectivity index (χ0) is 20.9. The predicted octanol–water partition coefficient (Wildman–Crippen LogP) is 4.03. The van der Waals surface area contributed by atoms with Gasteiger partial charge in [0.25, 0.3) is 0 Å². The van der Waals surface area contributed by atoms with Crippen molar-refractivity contribution in [3.8, 4) is 11.5 Å². The smallest absolute Gasteiger partial charge is 0.191 e. The maximum Gasteiger partial charge on any atom is 0.191 e. The van der Waals surface area contributed by atoms with Crippen LogP contribution in [0, 0.1) is 6.92 Å². The van der Waals surface area contributed by atoms with Crippen LogP contribution in [0.3, 0.4) is 0 Å². The molecule has 2 aromatic carbocycles. The molecule has 0 atom stereocenters. The fraction of sp³-hybridized carbons (Fsp3) is 0.435. The van der Waals surface area contributed by atoms with E-state index in [-0.39, 0.29) is 24.0 Å². The molecule has 30 heavy (non-hydrogen) atoms. The topological polar surface area (TPSA) is 75.1 Å². The van der Waals surface area contributed by atoms with E-state index >= 15 is 0 Å². The van der Waals surface area contributed by atoms with Crippen LogP contribution in [0.1, 0.15) is 30.0 Å². The third-order valence-electron chi connectivity index (χ3n) is 4.34. The number of hydrogen-bond acceptors (Lipinski definition) is 4. The van der Waals surface area contributed by atoms with E-state index in [0.29, 0.717) is 25.5 Å². The van der Waals surface area contributed by atoms with Gasteiger partial charge in [-0.1, -0.05) is 24.3 Å². The van der Waals surface area contributed by atoms with Gasteiger partial charge in [0.05, 0.1) is 13.2 Å². The molecular weight excluding hydrogens is 493 g/mol. The lowest BCUT2D eigenvalue weighted by Crippen LogP contribution is -2.38. The Morgan fingerprint density at radius 1 is 1.10 bits per heavy atom. The molecule has 0 fully saturated rings. The number of methoxy groups -OCH3 is 1. The first-order valence-corrected chi connectivity index (χ1v) is 10.1. The van der Waals surface area contributed by atoms with Gasteiger partial charge in [-0.2, -0.15) is 0 Å². The lowest BCUT2D eigenvalue weighted by Gasteiger charge is -2.14. The molecule has 0 heterocycles. The summed E-state index contributed by atoms with van der Waals surface area (Å²) in [5, 5.41) is 16.2. The van der Waals surface area contributed by atoms with Crippen LogP contribution in [-0.2, 0) is 17.7 Å². The Morgan fingerprint density at radius 3 is 2.67 bits per heavy atom. The molecule has 0 spiro atoms. The fourth-order valence-corrected chi connectivity index (χ4v) is 2.86. The van der Waals surface area contributed by atoms with Gasteiger partial charge in [-0.25, -0.2) is 4.99 Å². The molecule has 0 aliphatic heterocycles. The van der Waals surface area contributed by atoms with Crippen LogP contribution < -0.4 is 15.4 Å². The maximum absolute atomic E-state index is 9.58. The van der Waals surface area contributed by atoms with E-state index < -0.39 is 0 Å². The third kappa shape index (κ3) is 9.67. The summed E-state index contributed by atoms with van der Waals surface area (Å²) >= 11 is 0. The number of hydrogen-bond donors (Lipinski definition) is 3. The Balaban J connectivity index is 0.00000450. The number of phenols is 1. The van der Waals surface area contributed by atoms with Crippen LogP contribution in [0.25, 0.3) is 0 Å². The van der Waals surface area contributed by atoms with Crippen molar-refractivity contribution in [2.75, 3.05) is 33.4 Å². The van der Waals surface area contributed by atoms with Crippen LogP contribution in [-0.4, -0.2) is 44.5 Å². The Morgan fingerprint density at radius 2 is 1.93 bits per heavy atom. The largest absolute Gasteiger partial charge is 0.508 e. The van der Waals surface area contributed by atoms with Crippen LogP contribution in [0.5, 0.6) is 11.5 Å². The number of aromatic hydroxyl groups is 1. The third-order valence-corrected chi connectivity index (χ3v) is 4.34. The Kier molecular flexibility index (Phi) is 12.9. The summed E-state index contributed by atoms with van der Waals surface area (Å²) in [6.07, 6.45) is 1.66. The number of phenolic OH excluding ortho intramolecular Hbond substituents is 1. The molecule has 2 rings (SSSR count). The normalized spacial score (nSPS) is 11.0. The number of nitrogens with zero attached hydrogens (tertiary/aromatic N) is 1. The molecule has 0 aliphatic carbocycles. The summed E-state index contributed by atoms with van der Waals surface area (Å²) in [4.78, 5) is 4.71. The summed E-state index contributed by atoms with van der Waals surface area (Å²) in [5.41, 5.74) is 3.30. The molecule has 0 radical (unpaired) electrons. The monoisotopic (exact) mass is 527 g/mol. The van der Waals surface area contributed by atoms with Crippen molar-refractivity contribution in [3.05, 3.63) is 59.2 Å². The lowest BCUT2D eigenvalue weighted by atomic mass is 10.1. The van der Waals surface area contributed by atoms with Crippen LogP contribution in [0.4, 0.5) is 0 Å². The first kappa shape index (κ1) is 26.0. The van der Waals surface area contributed by atoms with Crippen molar-refractivity contribution in [2.45, 2.75) is 33.2 Å². The number of aryl methyl sites for hydroxylation is 1. The first-order valence-electron chi connectivity index (χ1n) is 10.1. The number of rotatable bonds is 11. The number of ether oxygens (including phenoxy) is 2. The number of guanidine groups is 1. The Hall–Kier alpha value is -2.00. The van der Waals surface area contributed by atoms with Crippen molar-refractivity contribution < 1.29 is 14.6 Å². The molecule has 0 bridgehead atoms. The SMILES string of the molecule is CCNC(=NCc1ccc(C)cc1OCCCOC)NCCc1cccc(O)c1.I. The molecule has 0 saturated heterocycles. The van der Waals surface area contributed by atoms with Crippen molar-refractivity contribution in [1.29, 1.82) is 0 Å². The Labute approximate surface area is 197 Å². The van der Waals surface area contributed by atoms with E-state index in [1.54, 1.807) is 19.2 Å². The molecule has 0 unspecified atom stereocenters. The van der Waals surface area contributed by atoms with Gasteiger partial charge in [-0.3, -0.25) is 0 Å². The highest BCUT2D eigenvalue weighted by atomic mass is 127. The highest BCUT2D eigenvalue weighted by Gasteiger charge is 2.05. The number of halogens is 1. The number of benzene rings is 2. The van der Waals surface area contributed by atoms with E-state index in [4.69, 9.17) is 14.5 Å². The highest BCUT2D eigenvalue weighted by Crippen LogP contribution is 2.21. The van der Waals surface area contributed by atoms with E-state index in [1.807, 2.05) is 19.1 Å². The van der Waals surface area contributed by atoms with Gasteiger partial charge in [0, 0.05) is 38.8 Å². The summed E-state index contributed by atoms with van der Waals surface area (Å²) in [7, 11) is 1.70. The Bertz CT molecular complexity index is 784. The summed E-state index contributed by atoms with van der Waals surface area (Å²) in [6, 6.07) is 13.5. The molecule has 0 aliphatic rings. The van der Waals surface area contributed by atoms with Crippen molar-refractivity contribution in [3.63, 3.8) is 0 Å². The molecule has 0 saturated carbocycles. The van der Waals surface area contributed by atoms with Crippen molar-refractivity contribution in [2.24, 2.45) is 4.99 Å². The highest BCUT2D eigenvalue weighted by molar-refractivity contribution is 14.0. The minimum atomic E-state index is 0. The molecule has 0 aromatic heterocycles. The number of nitrogens with one attached hydrogen (secondary N) is 2. The molecular formula is C23H34IN3O3. The zero-order valence-corrected chi connectivity index (χ0v) is 20.4. The van der Waals surface area contributed by atoms with E-state index in [0.717, 1.165) is 54.3 Å². The average Bonchev–Trinajstić information content (AvgIpc) is 2.70. The minimum absolute atomic E-state index is 0. The standard InChI is InChI=1S/C23H33N3O3.HI/c1-4-24-23(25-12-11-19-7-5-8-21(27)16-19)26-17-20-10-9-18(2)15-22(20)29-14-6-13-28-3;/h5,7-10,15-16,27H,4,6,11-14,17H2,1-3H3,(H2,24,25,26);1H. The van der Waals surface area contributed by atoms with Crippen LogP contribution in [0.15, 0.2) is 47.5 Å². The van der Waals surface area contributed by atoms with Crippen LogP contribution in [0.2, 0.25) is 0 Å². The summed E-state index contributed by atoms with van der Waals surface area (Å²) < 4.78 is 11.0. The van der Waals surface area contributed by atoms with Gasteiger partial charge in [0.15, 0.2) is 5.96 Å². The predicted molar refractivity (Wildman–Crippen MR) is 133 cm³/mol. The quantitative estimate of drug-likeness (QED) is 0.178. The van der Waals surface area contributed by atoms with E-state index in [1.165, 1.54) is 0 Å². The van der Waals surface area contributed by atoms with Crippen LogP contribution >= 0.6 is 24.0 Å². The minimum Gasteiger partial charge on any atom is -0.508 e. The molecule has 3 N–H and O–H groups in total. The molecule has 166 valence electrons. The van der Waals surface area contributed by atoms with Crippen molar-refractivity contribution >= 4 is 29.9 Å². The van der Waals surface area contributed by atoms with Gasteiger partial charge in [0.2, 0.25) is 0 Å². The molecule has 0 amide bonds. The number of aliphatic imine (C=N–C) groups is 1. The lowest BCUT2D eigenvalue weighted by molar-refractivity contribution is 0.172. The molecule has 2 aromatic rings.